The third kappa shape index (κ3) is 3.33. The average molecular weight is 330 g/mol. The summed E-state index contributed by atoms with van der Waals surface area (Å²) < 4.78 is 13.3. The first-order valence-corrected chi connectivity index (χ1v) is 8.20. The van der Waals surface area contributed by atoms with Gasteiger partial charge in [0, 0.05) is 11.4 Å². The van der Waals surface area contributed by atoms with E-state index in [1.165, 1.54) is 10.9 Å². The molecule has 0 aliphatic rings. The van der Waals surface area contributed by atoms with Crippen molar-refractivity contribution in [1.29, 1.82) is 0 Å². The van der Waals surface area contributed by atoms with E-state index in [0.29, 0.717) is 24.7 Å². The van der Waals surface area contributed by atoms with Crippen molar-refractivity contribution in [3.8, 4) is 0 Å². The summed E-state index contributed by atoms with van der Waals surface area (Å²) in [5, 5.41) is 0.962. The first kappa shape index (κ1) is 15.8. The number of hydrogen-bond donors (Lipinski definition) is 1. The summed E-state index contributed by atoms with van der Waals surface area (Å²) in [4.78, 5) is 13.3. The van der Waals surface area contributed by atoms with Crippen LogP contribution in [0.2, 0.25) is 0 Å². The summed E-state index contributed by atoms with van der Waals surface area (Å²) in [6.45, 7) is 5.30. The summed E-state index contributed by atoms with van der Waals surface area (Å²) in [5.41, 5.74) is 8.18. The number of fused-ring (bicyclic) bond motifs is 1. The molecule has 23 heavy (non-hydrogen) atoms. The molecule has 2 N–H and O–H groups in total. The van der Waals surface area contributed by atoms with Crippen LogP contribution in [0.1, 0.15) is 21.8 Å². The standard InChI is InChI=1S/C17H19FN4S/c1-10-11(2)23-17-15(10)16(19)20-14(21-17)9-22(3)8-12-5-4-6-13(18)7-12/h4-7H,8-9H2,1-3H3,(H2,19,20,21). The van der Waals surface area contributed by atoms with Crippen molar-refractivity contribution in [3.63, 3.8) is 0 Å². The lowest BCUT2D eigenvalue weighted by molar-refractivity contribution is 0.311. The molecule has 120 valence electrons. The quantitative estimate of drug-likeness (QED) is 0.793. The van der Waals surface area contributed by atoms with E-state index in [1.807, 2.05) is 24.9 Å². The molecule has 0 aliphatic carbocycles. The molecule has 0 fully saturated rings. The number of benzene rings is 1. The lowest BCUT2D eigenvalue weighted by atomic mass is 10.2. The fourth-order valence-electron chi connectivity index (χ4n) is 2.64. The van der Waals surface area contributed by atoms with Crippen LogP contribution in [0.4, 0.5) is 10.2 Å². The normalized spacial score (nSPS) is 11.5. The Morgan fingerprint density at radius 2 is 2.00 bits per heavy atom. The summed E-state index contributed by atoms with van der Waals surface area (Å²) in [7, 11) is 1.96. The number of rotatable bonds is 4. The van der Waals surface area contributed by atoms with Crippen LogP contribution in [0.25, 0.3) is 10.2 Å². The molecule has 6 heteroatoms. The number of halogens is 1. The van der Waals surface area contributed by atoms with Gasteiger partial charge < -0.3 is 5.73 Å². The van der Waals surface area contributed by atoms with Gasteiger partial charge in [0.15, 0.2) is 0 Å². The van der Waals surface area contributed by atoms with Gasteiger partial charge in [0.2, 0.25) is 0 Å². The van der Waals surface area contributed by atoms with Crippen molar-refractivity contribution in [1.82, 2.24) is 14.9 Å². The minimum Gasteiger partial charge on any atom is -0.383 e. The Balaban J connectivity index is 1.81. The fraction of sp³-hybridized carbons (Fsp3) is 0.294. The van der Waals surface area contributed by atoms with Crippen molar-refractivity contribution in [3.05, 3.63) is 51.9 Å². The van der Waals surface area contributed by atoms with E-state index in [0.717, 1.165) is 21.3 Å². The van der Waals surface area contributed by atoms with Gasteiger partial charge in [-0.05, 0) is 44.2 Å². The minimum absolute atomic E-state index is 0.220. The number of thiophene rings is 1. The number of aryl methyl sites for hydroxylation is 2. The zero-order chi connectivity index (χ0) is 16.6. The van der Waals surface area contributed by atoms with Crippen LogP contribution in [0.15, 0.2) is 24.3 Å². The summed E-state index contributed by atoms with van der Waals surface area (Å²) >= 11 is 1.64. The highest BCUT2D eigenvalue weighted by Crippen LogP contribution is 2.31. The Bertz CT molecular complexity index is 859. The molecule has 0 atom stereocenters. The van der Waals surface area contributed by atoms with Crippen LogP contribution < -0.4 is 5.73 Å². The molecule has 0 saturated heterocycles. The summed E-state index contributed by atoms with van der Waals surface area (Å²) in [6, 6.07) is 6.61. The van der Waals surface area contributed by atoms with Gasteiger partial charge >= 0.3 is 0 Å². The Labute approximate surface area is 138 Å². The number of anilines is 1. The van der Waals surface area contributed by atoms with E-state index in [-0.39, 0.29) is 5.82 Å². The van der Waals surface area contributed by atoms with Crippen LogP contribution in [0, 0.1) is 19.7 Å². The molecule has 0 amide bonds. The van der Waals surface area contributed by atoms with Crippen LogP contribution in [-0.2, 0) is 13.1 Å². The van der Waals surface area contributed by atoms with Crippen molar-refractivity contribution >= 4 is 27.4 Å². The SMILES string of the molecule is Cc1sc2nc(CN(C)Cc3cccc(F)c3)nc(N)c2c1C. The van der Waals surface area contributed by atoms with E-state index < -0.39 is 0 Å². The molecule has 0 aliphatic heterocycles. The fourth-order valence-corrected chi connectivity index (χ4v) is 3.70. The predicted octanol–water partition coefficient (Wildman–Crippen LogP) is 3.66. The number of hydrogen-bond acceptors (Lipinski definition) is 5. The Hall–Kier alpha value is -2.05. The Kier molecular flexibility index (Phi) is 4.28. The smallest absolute Gasteiger partial charge is 0.146 e. The first-order chi connectivity index (χ1) is 10.9. The van der Waals surface area contributed by atoms with E-state index >= 15 is 0 Å². The van der Waals surface area contributed by atoms with Crippen molar-refractivity contribution in [2.24, 2.45) is 0 Å². The highest BCUT2D eigenvalue weighted by molar-refractivity contribution is 7.18. The minimum atomic E-state index is -0.220. The molecule has 4 nitrogen and oxygen atoms in total. The largest absolute Gasteiger partial charge is 0.383 e. The molecule has 0 unspecified atom stereocenters. The Morgan fingerprint density at radius 1 is 1.22 bits per heavy atom. The molecule has 2 heterocycles. The molecule has 2 aromatic heterocycles. The zero-order valence-corrected chi connectivity index (χ0v) is 14.2. The molecule has 1 aromatic carbocycles. The number of nitrogens with zero attached hydrogens (tertiary/aromatic N) is 3. The molecule has 0 saturated carbocycles. The lowest BCUT2D eigenvalue weighted by Gasteiger charge is -2.16. The second-order valence-corrected chi connectivity index (χ2v) is 6.99. The van der Waals surface area contributed by atoms with Gasteiger partial charge in [-0.2, -0.15) is 0 Å². The zero-order valence-electron chi connectivity index (χ0n) is 13.4. The molecular formula is C17H19FN4S. The molecule has 3 aromatic rings. The monoisotopic (exact) mass is 330 g/mol. The van der Waals surface area contributed by atoms with Gasteiger partial charge in [-0.3, -0.25) is 4.90 Å². The van der Waals surface area contributed by atoms with E-state index in [9.17, 15) is 4.39 Å². The molecular weight excluding hydrogens is 311 g/mol. The van der Waals surface area contributed by atoms with Crippen molar-refractivity contribution in [2.45, 2.75) is 26.9 Å². The average Bonchev–Trinajstić information content (AvgIpc) is 2.74. The van der Waals surface area contributed by atoms with Crippen LogP contribution in [-0.4, -0.2) is 21.9 Å². The molecule has 0 spiro atoms. The first-order valence-electron chi connectivity index (χ1n) is 7.39. The highest BCUT2D eigenvalue weighted by atomic mass is 32.1. The van der Waals surface area contributed by atoms with Gasteiger partial charge in [0.25, 0.3) is 0 Å². The summed E-state index contributed by atoms with van der Waals surface area (Å²) in [5.74, 6) is 1.00. The van der Waals surface area contributed by atoms with Crippen molar-refractivity contribution < 1.29 is 4.39 Å². The molecule has 3 rings (SSSR count). The van der Waals surface area contributed by atoms with E-state index in [2.05, 4.69) is 16.9 Å². The van der Waals surface area contributed by atoms with Gasteiger partial charge in [0.1, 0.15) is 22.3 Å². The number of aromatic nitrogens is 2. The topological polar surface area (TPSA) is 55.0 Å². The second-order valence-electron chi connectivity index (χ2n) is 5.79. The predicted molar refractivity (Wildman–Crippen MR) is 92.9 cm³/mol. The molecule has 0 bridgehead atoms. The van der Waals surface area contributed by atoms with Gasteiger partial charge in [-0.1, -0.05) is 12.1 Å². The summed E-state index contributed by atoms with van der Waals surface area (Å²) in [6.07, 6.45) is 0. The third-order valence-electron chi connectivity index (χ3n) is 3.86. The van der Waals surface area contributed by atoms with E-state index in [1.54, 1.807) is 23.5 Å². The number of nitrogens with two attached hydrogens (primary N) is 1. The third-order valence-corrected chi connectivity index (χ3v) is 4.96. The second kappa shape index (κ2) is 6.22. The number of nitrogen functional groups attached to an aromatic ring is 1. The molecule has 0 radical (unpaired) electrons. The van der Waals surface area contributed by atoms with Crippen LogP contribution in [0.5, 0.6) is 0 Å². The van der Waals surface area contributed by atoms with Gasteiger partial charge in [-0.15, -0.1) is 11.3 Å². The van der Waals surface area contributed by atoms with Gasteiger partial charge in [-0.25, -0.2) is 14.4 Å². The lowest BCUT2D eigenvalue weighted by Crippen LogP contribution is -2.19. The van der Waals surface area contributed by atoms with Gasteiger partial charge in [0.05, 0.1) is 11.9 Å². The van der Waals surface area contributed by atoms with E-state index in [4.69, 9.17) is 5.73 Å². The van der Waals surface area contributed by atoms with Crippen LogP contribution >= 0.6 is 11.3 Å². The Morgan fingerprint density at radius 3 is 2.74 bits per heavy atom. The van der Waals surface area contributed by atoms with Crippen LogP contribution in [0.3, 0.4) is 0 Å². The highest BCUT2D eigenvalue weighted by Gasteiger charge is 2.13. The maximum Gasteiger partial charge on any atom is 0.146 e. The maximum atomic E-state index is 13.3. The maximum absolute atomic E-state index is 13.3. The van der Waals surface area contributed by atoms with Crippen molar-refractivity contribution in [2.75, 3.05) is 12.8 Å².